The lowest BCUT2D eigenvalue weighted by Crippen LogP contribution is -2.25. The number of para-hydroxylation sites is 1. The Morgan fingerprint density at radius 1 is 0.568 bits per heavy atom. The smallest absolute Gasteiger partial charge is 0.171 e. The predicted molar refractivity (Wildman–Crippen MR) is 187 cm³/mol. The van der Waals surface area contributed by atoms with E-state index in [1.165, 1.54) is 15.5 Å². The summed E-state index contributed by atoms with van der Waals surface area (Å²) in [4.78, 5) is 5.45. The number of fused-ring (bicyclic) bond motifs is 9. The van der Waals surface area contributed by atoms with E-state index in [0.29, 0.717) is 0 Å². The lowest BCUT2D eigenvalue weighted by Gasteiger charge is -2.20. The van der Waals surface area contributed by atoms with Crippen LogP contribution in [0.2, 0.25) is 0 Å². The molecule has 0 fully saturated rings. The monoisotopic (exact) mass is 601 g/mol. The second-order valence-corrected chi connectivity index (χ2v) is 14.9. The molecule has 0 bridgehead atoms. The Morgan fingerprint density at radius 2 is 1.20 bits per heavy atom. The fraction of sp³-hybridized carbons (Fsp3) is 0. The number of thiophene rings is 1. The molecule has 0 saturated carbocycles. The average Bonchev–Trinajstić information content (AvgIpc) is 3.68. The number of furan rings is 1. The maximum atomic E-state index is 15.3. The van der Waals surface area contributed by atoms with Crippen LogP contribution in [0.5, 0.6) is 0 Å². The Bertz CT molecular complexity index is 2540. The highest BCUT2D eigenvalue weighted by Crippen LogP contribution is 2.46. The Kier molecular flexibility index (Phi) is 5.65. The first kappa shape index (κ1) is 25.5. The number of aromatic nitrogens is 1. The summed E-state index contributed by atoms with van der Waals surface area (Å²) in [5, 5.41) is 7.80. The van der Waals surface area contributed by atoms with Crippen LogP contribution in [0.25, 0.3) is 64.3 Å². The molecule has 3 nitrogen and oxygen atoms in total. The Hall–Kier alpha value is -5.02. The van der Waals surface area contributed by atoms with Crippen LogP contribution in [-0.4, -0.2) is 4.98 Å². The minimum atomic E-state index is -3.17. The molecule has 0 spiro atoms. The Morgan fingerprint density at radius 3 is 1.98 bits per heavy atom. The van der Waals surface area contributed by atoms with Crippen LogP contribution in [0.1, 0.15) is 0 Å². The molecule has 0 unspecified atom stereocenters. The molecule has 0 aliphatic rings. The van der Waals surface area contributed by atoms with Gasteiger partial charge < -0.3 is 8.98 Å². The van der Waals surface area contributed by atoms with Crippen LogP contribution in [0.15, 0.2) is 150 Å². The molecule has 3 heterocycles. The van der Waals surface area contributed by atoms with Crippen molar-refractivity contribution in [2.75, 3.05) is 0 Å². The summed E-state index contributed by atoms with van der Waals surface area (Å²) in [5.74, 6) is 0. The summed E-state index contributed by atoms with van der Waals surface area (Å²) < 4.78 is 24.2. The summed E-state index contributed by atoms with van der Waals surface area (Å²) in [6.07, 6.45) is 0. The van der Waals surface area contributed by atoms with Crippen molar-refractivity contribution < 1.29 is 8.98 Å². The fourth-order valence-electron chi connectivity index (χ4n) is 6.49. The zero-order chi connectivity index (χ0) is 29.3. The van der Waals surface area contributed by atoms with E-state index in [0.717, 1.165) is 64.7 Å². The second kappa shape index (κ2) is 9.75. The van der Waals surface area contributed by atoms with Crippen LogP contribution in [0, 0.1) is 0 Å². The lowest BCUT2D eigenvalue weighted by molar-refractivity contribution is 0.592. The third-order valence-electron chi connectivity index (χ3n) is 8.54. The van der Waals surface area contributed by atoms with Gasteiger partial charge in [0.1, 0.15) is 11.2 Å². The average molecular weight is 602 g/mol. The predicted octanol–water partition coefficient (Wildman–Crippen LogP) is 9.81. The van der Waals surface area contributed by atoms with E-state index >= 15 is 4.57 Å². The molecular weight excluding hydrogens is 577 g/mol. The zero-order valence-corrected chi connectivity index (χ0v) is 25.2. The summed E-state index contributed by atoms with van der Waals surface area (Å²) in [5.41, 5.74) is 4.31. The highest BCUT2D eigenvalue weighted by Gasteiger charge is 2.30. The van der Waals surface area contributed by atoms with E-state index in [1.54, 1.807) is 11.3 Å². The van der Waals surface area contributed by atoms with E-state index in [4.69, 9.17) is 9.40 Å². The maximum Gasteiger partial charge on any atom is 0.171 e. The SMILES string of the molecule is O=P(c1ccccc1)(c1ccccc1)c1cccc(-c2nc3c(ccc4c5ccccc5sc43)c3oc4ccccc4c23)c1. The molecule has 9 aromatic rings. The molecule has 0 N–H and O–H groups in total. The molecule has 0 aliphatic carbocycles. The summed E-state index contributed by atoms with van der Waals surface area (Å²) >= 11 is 1.76. The molecule has 0 radical (unpaired) electrons. The largest absolute Gasteiger partial charge is 0.455 e. The van der Waals surface area contributed by atoms with Crippen molar-refractivity contribution in [1.29, 1.82) is 0 Å². The summed E-state index contributed by atoms with van der Waals surface area (Å²) in [6.45, 7) is 0. The molecule has 9 rings (SSSR count). The molecule has 5 heteroatoms. The molecular formula is C39H24NO2PS. The van der Waals surface area contributed by atoms with Crippen LogP contribution >= 0.6 is 18.5 Å². The first-order chi connectivity index (χ1) is 21.7. The molecule has 0 atom stereocenters. The van der Waals surface area contributed by atoms with E-state index in [1.807, 2.05) is 91.0 Å². The normalized spacial score (nSPS) is 12.2. The van der Waals surface area contributed by atoms with Crippen LogP contribution in [0.4, 0.5) is 0 Å². The summed E-state index contributed by atoms with van der Waals surface area (Å²) in [6, 6.07) is 48.7. The van der Waals surface area contributed by atoms with Crippen LogP contribution < -0.4 is 15.9 Å². The van der Waals surface area contributed by atoms with Crippen LogP contribution in [0.3, 0.4) is 0 Å². The number of hydrogen-bond acceptors (Lipinski definition) is 4. The molecule has 44 heavy (non-hydrogen) atoms. The first-order valence-electron chi connectivity index (χ1n) is 14.6. The van der Waals surface area contributed by atoms with Crippen molar-refractivity contribution >= 4 is 87.4 Å². The standard InChI is InChI=1S/C39H24NO2PS/c41-43(26-13-3-1-4-14-26,27-15-5-2-6-16-27)28-17-11-12-25(24-28)36-35-31-19-7-9-20-33(31)42-38(35)32-23-22-30-29-18-8-10-21-34(29)44-39(30)37(32)40-36/h1-24H. The topological polar surface area (TPSA) is 43.1 Å². The zero-order valence-electron chi connectivity index (χ0n) is 23.5. The van der Waals surface area contributed by atoms with Gasteiger partial charge in [-0.25, -0.2) is 4.98 Å². The Balaban J connectivity index is 1.38. The highest BCUT2D eigenvalue weighted by molar-refractivity contribution is 7.85. The van der Waals surface area contributed by atoms with Gasteiger partial charge >= 0.3 is 0 Å². The molecule has 3 aromatic heterocycles. The minimum Gasteiger partial charge on any atom is -0.455 e. The minimum absolute atomic E-state index is 0.773. The number of rotatable bonds is 4. The van der Waals surface area contributed by atoms with Crippen molar-refractivity contribution in [2.24, 2.45) is 0 Å². The number of benzene rings is 6. The van der Waals surface area contributed by atoms with Gasteiger partial charge in [0.05, 0.1) is 21.3 Å². The quantitative estimate of drug-likeness (QED) is 0.189. The fourth-order valence-corrected chi connectivity index (χ4v) is 10.4. The highest BCUT2D eigenvalue weighted by atomic mass is 32.1. The van der Waals surface area contributed by atoms with Crippen molar-refractivity contribution in [3.8, 4) is 11.3 Å². The van der Waals surface area contributed by atoms with Crippen molar-refractivity contribution in [3.63, 3.8) is 0 Å². The molecule has 0 aliphatic heterocycles. The number of nitrogens with zero attached hydrogens (tertiary/aromatic N) is 1. The number of pyridine rings is 1. The Labute approximate surface area is 257 Å². The van der Waals surface area contributed by atoms with Gasteiger partial charge in [-0.15, -0.1) is 11.3 Å². The van der Waals surface area contributed by atoms with Gasteiger partial charge in [-0.3, -0.25) is 0 Å². The molecule has 6 aromatic carbocycles. The van der Waals surface area contributed by atoms with Gasteiger partial charge in [0.2, 0.25) is 0 Å². The molecule has 0 amide bonds. The third kappa shape index (κ3) is 3.68. The van der Waals surface area contributed by atoms with Gasteiger partial charge in [-0.2, -0.15) is 0 Å². The van der Waals surface area contributed by atoms with E-state index in [9.17, 15) is 0 Å². The molecule has 208 valence electrons. The van der Waals surface area contributed by atoms with E-state index in [2.05, 4.69) is 54.6 Å². The second-order valence-electron chi connectivity index (χ2n) is 11.0. The van der Waals surface area contributed by atoms with Crippen molar-refractivity contribution in [2.45, 2.75) is 0 Å². The van der Waals surface area contributed by atoms with E-state index < -0.39 is 7.14 Å². The lowest BCUT2D eigenvalue weighted by atomic mass is 10.0. The van der Waals surface area contributed by atoms with Crippen molar-refractivity contribution in [1.82, 2.24) is 4.98 Å². The first-order valence-corrected chi connectivity index (χ1v) is 17.1. The van der Waals surface area contributed by atoms with Gasteiger partial charge in [-0.1, -0.05) is 121 Å². The number of hydrogen-bond donors (Lipinski definition) is 0. The maximum absolute atomic E-state index is 15.3. The van der Waals surface area contributed by atoms with E-state index in [-0.39, 0.29) is 0 Å². The third-order valence-corrected chi connectivity index (χ3v) is 12.8. The van der Waals surface area contributed by atoms with Crippen molar-refractivity contribution in [3.05, 3.63) is 146 Å². The van der Waals surface area contributed by atoms with Crippen LogP contribution in [-0.2, 0) is 4.57 Å². The van der Waals surface area contributed by atoms with Gasteiger partial charge in [0, 0.05) is 47.7 Å². The van der Waals surface area contributed by atoms with Gasteiger partial charge in [-0.05, 0) is 24.3 Å². The van der Waals surface area contributed by atoms with Gasteiger partial charge in [0.15, 0.2) is 7.14 Å². The summed E-state index contributed by atoms with van der Waals surface area (Å²) in [7, 11) is -3.17. The van der Waals surface area contributed by atoms with Gasteiger partial charge in [0.25, 0.3) is 0 Å². The molecule has 0 saturated heterocycles.